The van der Waals surface area contributed by atoms with Crippen LogP contribution in [0, 0.1) is 5.41 Å². The summed E-state index contributed by atoms with van der Waals surface area (Å²) in [5.41, 5.74) is 7.05. The van der Waals surface area contributed by atoms with Gasteiger partial charge in [-0.1, -0.05) is 94.4 Å². The number of rotatable bonds is 8. The van der Waals surface area contributed by atoms with Crippen molar-refractivity contribution >= 4 is 11.9 Å². The second kappa shape index (κ2) is 11.0. The first-order valence-corrected chi connectivity index (χ1v) is 13.5. The number of allylic oxidation sites excluding steroid dienone is 1. The van der Waals surface area contributed by atoms with Gasteiger partial charge < -0.3 is 0 Å². The first-order valence-electron chi connectivity index (χ1n) is 12.7. The number of benzene rings is 3. The largest absolute Gasteiger partial charge is 0.246 e. The molecule has 4 rings (SSSR count). The second-order valence-corrected chi connectivity index (χ2v) is 11.9. The Balaban J connectivity index is 1.45. The Bertz CT molecular complexity index is 1110. The van der Waals surface area contributed by atoms with Crippen molar-refractivity contribution in [1.29, 1.82) is 0 Å². The summed E-state index contributed by atoms with van der Waals surface area (Å²) in [5.74, 6) is 1.14. The van der Waals surface area contributed by atoms with Crippen LogP contribution in [0.5, 0.6) is 0 Å². The number of nitrogens with zero attached hydrogens (tertiary/aromatic N) is 1. The Labute approximate surface area is 211 Å². The van der Waals surface area contributed by atoms with Crippen LogP contribution in [0.3, 0.4) is 0 Å². The maximum Gasteiger partial charge on any atom is 0.0236 e. The minimum Gasteiger partial charge on any atom is -0.246 e. The van der Waals surface area contributed by atoms with Crippen LogP contribution < -0.4 is 0 Å². The summed E-state index contributed by atoms with van der Waals surface area (Å²) in [6.45, 7) is 15.3. The molecule has 1 nitrogen and oxygen atoms in total. The average molecular weight is 470 g/mol. The highest BCUT2D eigenvalue weighted by Crippen LogP contribution is 2.35. The molecule has 0 spiro atoms. The molecule has 0 amide bonds. The van der Waals surface area contributed by atoms with E-state index in [1.54, 1.807) is 0 Å². The van der Waals surface area contributed by atoms with Crippen molar-refractivity contribution in [2.75, 3.05) is 13.1 Å². The van der Waals surface area contributed by atoms with Crippen LogP contribution in [-0.2, 0) is 6.42 Å². The molecule has 0 N–H and O–H groups in total. The quantitative estimate of drug-likeness (QED) is 0.239. The Morgan fingerprint density at radius 3 is 2.50 bits per heavy atom. The van der Waals surface area contributed by atoms with Crippen LogP contribution in [0.25, 0.3) is 11.1 Å². The van der Waals surface area contributed by atoms with Crippen LogP contribution >= 0.6 is 11.9 Å². The molecule has 0 aliphatic carbocycles. The van der Waals surface area contributed by atoms with Gasteiger partial charge in [-0.2, -0.15) is 0 Å². The van der Waals surface area contributed by atoms with Gasteiger partial charge in [-0.15, -0.1) is 6.58 Å². The van der Waals surface area contributed by atoms with E-state index in [-0.39, 0.29) is 5.41 Å². The van der Waals surface area contributed by atoms with E-state index < -0.39 is 0 Å². The summed E-state index contributed by atoms with van der Waals surface area (Å²) in [7, 11) is 0. The van der Waals surface area contributed by atoms with Crippen molar-refractivity contribution in [2.45, 2.75) is 63.7 Å². The minimum absolute atomic E-state index is 0.132. The molecule has 3 aromatic rings. The third-order valence-electron chi connectivity index (χ3n) is 6.97. The Morgan fingerprint density at radius 1 is 1.00 bits per heavy atom. The van der Waals surface area contributed by atoms with Gasteiger partial charge >= 0.3 is 0 Å². The summed E-state index contributed by atoms with van der Waals surface area (Å²) in [6, 6.07) is 27.3. The maximum atomic E-state index is 4.02. The van der Waals surface area contributed by atoms with Crippen molar-refractivity contribution < 1.29 is 0 Å². The van der Waals surface area contributed by atoms with Crippen molar-refractivity contribution in [3.8, 4) is 11.1 Å². The normalized spacial score (nSPS) is 17.1. The number of hydrogen-bond donors (Lipinski definition) is 0. The first-order chi connectivity index (χ1) is 16.3. The molecule has 1 unspecified atom stereocenters. The molecule has 0 saturated carbocycles. The second-order valence-electron chi connectivity index (χ2n) is 10.7. The topological polar surface area (TPSA) is 3.24 Å². The molecule has 178 valence electrons. The molecular weight excluding hydrogens is 430 g/mol. The maximum absolute atomic E-state index is 4.02. The van der Waals surface area contributed by atoms with E-state index in [1.807, 2.05) is 11.9 Å². The minimum atomic E-state index is 0.132. The van der Waals surface area contributed by atoms with E-state index in [2.05, 4.69) is 117 Å². The summed E-state index contributed by atoms with van der Waals surface area (Å²) >= 11 is 1.92. The zero-order valence-electron chi connectivity index (χ0n) is 21.3. The van der Waals surface area contributed by atoms with E-state index in [4.69, 9.17) is 0 Å². The highest BCUT2D eigenvalue weighted by atomic mass is 32.2. The molecule has 1 saturated heterocycles. The highest BCUT2D eigenvalue weighted by Gasteiger charge is 2.23. The molecule has 0 radical (unpaired) electrons. The molecule has 1 aliphatic heterocycles. The third-order valence-corrected chi connectivity index (χ3v) is 8.03. The molecule has 0 aromatic heterocycles. The van der Waals surface area contributed by atoms with E-state index in [0.717, 1.165) is 19.5 Å². The Kier molecular flexibility index (Phi) is 8.01. The lowest BCUT2D eigenvalue weighted by atomic mass is 9.84. The fourth-order valence-electron chi connectivity index (χ4n) is 4.81. The van der Waals surface area contributed by atoms with Crippen LogP contribution in [0.2, 0.25) is 0 Å². The Morgan fingerprint density at radius 2 is 1.74 bits per heavy atom. The lowest BCUT2D eigenvalue weighted by Crippen LogP contribution is -2.29. The number of piperidine rings is 1. The zero-order chi connectivity index (χ0) is 24.1. The summed E-state index contributed by atoms with van der Waals surface area (Å²) in [5, 5.41) is 0. The molecule has 3 aromatic carbocycles. The van der Waals surface area contributed by atoms with Gasteiger partial charge in [-0.05, 0) is 88.4 Å². The summed E-state index contributed by atoms with van der Waals surface area (Å²) in [4.78, 5) is 1.33. The lowest BCUT2D eigenvalue weighted by molar-refractivity contribution is 0.342. The molecule has 1 heterocycles. The average Bonchev–Trinajstić information content (AvgIpc) is 2.84. The van der Waals surface area contributed by atoms with Gasteiger partial charge in [0.05, 0.1) is 0 Å². The van der Waals surface area contributed by atoms with E-state index >= 15 is 0 Å². The van der Waals surface area contributed by atoms with Gasteiger partial charge in [-0.3, -0.25) is 0 Å². The fraction of sp³-hybridized carbons (Fsp3) is 0.375. The van der Waals surface area contributed by atoms with Crippen LogP contribution in [-0.4, -0.2) is 17.4 Å². The van der Waals surface area contributed by atoms with Gasteiger partial charge in [0.15, 0.2) is 0 Å². The van der Waals surface area contributed by atoms with Crippen LogP contribution in [0.15, 0.2) is 90.3 Å². The molecule has 2 heteroatoms. The van der Waals surface area contributed by atoms with Gasteiger partial charge in [-0.25, -0.2) is 4.31 Å². The SMILES string of the molecule is C=CC(C)(C)Cc1cccc(C2CCCN(Sc3cccc(-c4cccc(C(C)C)c4)c3)C2)c1. The highest BCUT2D eigenvalue weighted by molar-refractivity contribution is 7.97. The smallest absolute Gasteiger partial charge is 0.0236 e. The standard InChI is InChI=1S/C32H39NS/c1-6-32(4,5)22-25-11-7-13-27(19-25)30-16-10-18-33(23-30)34-31-17-9-15-29(21-31)28-14-8-12-26(20-28)24(2)3/h6-9,11-15,17,19-21,24,30H,1,10,16,18,22-23H2,2-5H3. The molecule has 1 atom stereocenters. The van der Waals surface area contributed by atoms with Crippen molar-refractivity contribution in [3.63, 3.8) is 0 Å². The Hall–Kier alpha value is -2.29. The molecule has 34 heavy (non-hydrogen) atoms. The lowest BCUT2D eigenvalue weighted by Gasteiger charge is -2.32. The summed E-state index contributed by atoms with van der Waals surface area (Å²) < 4.78 is 2.57. The number of hydrogen-bond acceptors (Lipinski definition) is 2. The van der Waals surface area contributed by atoms with Crippen LogP contribution in [0.1, 0.15) is 69.1 Å². The summed E-state index contributed by atoms with van der Waals surface area (Å²) in [6.07, 6.45) is 5.63. The molecule has 0 bridgehead atoms. The monoisotopic (exact) mass is 469 g/mol. The predicted molar refractivity (Wildman–Crippen MR) is 149 cm³/mol. The first kappa shape index (κ1) is 24.8. The predicted octanol–water partition coefficient (Wildman–Crippen LogP) is 9.12. The van der Waals surface area contributed by atoms with Crippen molar-refractivity contribution in [1.82, 2.24) is 4.31 Å². The van der Waals surface area contributed by atoms with Crippen LogP contribution in [0.4, 0.5) is 0 Å². The van der Waals surface area contributed by atoms with Crippen molar-refractivity contribution in [3.05, 3.63) is 102 Å². The zero-order valence-corrected chi connectivity index (χ0v) is 22.1. The van der Waals surface area contributed by atoms with Gasteiger partial charge in [0.2, 0.25) is 0 Å². The van der Waals surface area contributed by atoms with Gasteiger partial charge in [0, 0.05) is 18.0 Å². The van der Waals surface area contributed by atoms with E-state index in [0.29, 0.717) is 11.8 Å². The van der Waals surface area contributed by atoms with Crippen molar-refractivity contribution in [2.24, 2.45) is 5.41 Å². The molecule has 1 fully saturated rings. The van der Waals surface area contributed by atoms with Gasteiger partial charge in [0.25, 0.3) is 0 Å². The molecule has 1 aliphatic rings. The van der Waals surface area contributed by atoms with E-state index in [9.17, 15) is 0 Å². The van der Waals surface area contributed by atoms with Gasteiger partial charge in [0.1, 0.15) is 0 Å². The van der Waals surface area contributed by atoms with E-state index in [1.165, 1.54) is 45.6 Å². The fourth-order valence-corrected chi connectivity index (χ4v) is 5.90. The molecular formula is C32H39NS. The third kappa shape index (κ3) is 6.43.